The van der Waals surface area contributed by atoms with Crippen LogP contribution in [0.3, 0.4) is 0 Å². The minimum Gasteiger partial charge on any atom is -0.380 e. The van der Waals surface area contributed by atoms with Crippen molar-refractivity contribution >= 4 is 34.5 Å². The van der Waals surface area contributed by atoms with Crippen molar-refractivity contribution in [1.29, 1.82) is 0 Å². The first kappa shape index (κ1) is 12.7. The highest BCUT2D eigenvalue weighted by molar-refractivity contribution is 7.12. The summed E-state index contributed by atoms with van der Waals surface area (Å²) in [7, 11) is 0. The van der Waals surface area contributed by atoms with Crippen LogP contribution in [0.2, 0.25) is 5.02 Å². The summed E-state index contributed by atoms with van der Waals surface area (Å²) >= 11 is 7.45. The zero-order chi connectivity index (χ0) is 13.0. The number of thiophene rings is 1. The van der Waals surface area contributed by atoms with Crippen LogP contribution in [-0.4, -0.2) is 16.5 Å². The third kappa shape index (κ3) is 3.15. The van der Waals surface area contributed by atoms with Gasteiger partial charge in [0.1, 0.15) is 5.69 Å². The average Bonchev–Trinajstić information content (AvgIpc) is 2.89. The first-order valence-electron chi connectivity index (χ1n) is 5.20. The van der Waals surface area contributed by atoms with E-state index in [1.54, 1.807) is 29.7 Å². The minimum atomic E-state index is 0.244. The molecule has 0 saturated heterocycles. The highest BCUT2D eigenvalue weighted by Crippen LogP contribution is 2.10. The molecule has 0 atom stereocenters. The number of amidine groups is 1. The van der Waals surface area contributed by atoms with Crippen molar-refractivity contribution in [3.63, 3.8) is 0 Å². The molecular formula is C12H11ClN4S. The summed E-state index contributed by atoms with van der Waals surface area (Å²) in [6.45, 7) is 1.88. The Hall–Kier alpha value is -1.72. The van der Waals surface area contributed by atoms with E-state index in [0.717, 1.165) is 10.6 Å². The Labute approximate surface area is 114 Å². The molecule has 2 rings (SSSR count). The molecule has 2 aromatic rings. The first-order chi connectivity index (χ1) is 8.66. The molecule has 0 radical (unpaired) electrons. The molecule has 6 heteroatoms. The first-order valence-corrected chi connectivity index (χ1v) is 6.46. The molecule has 2 aromatic heterocycles. The third-order valence-electron chi connectivity index (χ3n) is 2.17. The van der Waals surface area contributed by atoms with Crippen molar-refractivity contribution in [2.45, 2.75) is 6.92 Å². The van der Waals surface area contributed by atoms with E-state index in [1.165, 1.54) is 0 Å². The van der Waals surface area contributed by atoms with Gasteiger partial charge in [0.2, 0.25) is 0 Å². The number of pyridine rings is 1. The van der Waals surface area contributed by atoms with Gasteiger partial charge in [0.25, 0.3) is 0 Å². The Bertz CT molecular complexity index is 590. The van der Waals surface area contributed by atoms with Crippen LogP contribution in [0.15, 0.2) is 46.0 Å². The van der Waals surface area contributed by atoms with Crippen molar-refractivity contribution in [2.75, 3.05) is 0 Å². The highest BCUT2D eigenvalue weighted by atomic mass is 35.5. The normalized spacial score (nSPS) is 12.8. The molecule has 4 nitrogen and oxygen atoms in total. The van der Waals surface area contributed by atoms with Gasteiger partial charge in [-0.15, -0.1) is 16.4 Å². The van der Waals surface area contributed by atoms with Gasteiger partial charge in [0, 0.05) is 11.2 Å². The van der Waals surface area contributed by atoms with Gasteiger partial charge in [0.15, 0.2) is 5.84 Å². The van der Waals surface area contributed by atoms with Gasteiger partial charge in [-0.2, -0.15) is 5.10 Å². The van der Waals surface area contributed by atoms with Crippen LogP contribution in [0.1, 0.15) is 17.5 Å². The fourth-order valence-electron chi connectivity index (χ4n) is 1.26. The van der Waals surface area contributed by atoms with E-state index < -0.39 is 0 Å². The summed E-state index contributed by atoms with van der Waals surface area (Å²) in [5.41, 5.74) is 7.12. The molecule has 0 amide bonds. The van der Waals surface area contributed by atoms with Crippen LogP contribution in [0, 0.1) is 0 Å². The second kappa shape index (κ2) is 5.75. The summed E-state index contributed by atoms with van der Waals surface area (Å²) < 4.78 is 0. The SMILES string of the molecule is C/C(=N\N=C(/N)c1cc(Cl)ccn1)c1cccs1. The fraction of sp³-hybridized carbons (Fsp3) is 0.0833. The van der Waals surface area contributed by atoms with Crippen LogP contribution >= 0.6 is 22.9 Å². The Balaban J connectivity index is 2.21. The molecular weight excluding hydrogens is 268 g/mol. The smallest absolute Gasteiger partial charge is 0.172 e. The van der Waals surface area contributed by atoms with Crippen LogP contribution in [0.25, 0.3) is 0 Å². The maximum Gasteiger partial charge on any atom is 0.172 e. The lowest BCUT2D eigenvalue weighted by Crippen LogP contribution is -2.14. The van der Waals surface area contributed by atoms with Gasteiger partial charge in [-0.1, -0.05) is 17.7 Å². The summed E-state index contributed by atoms with van der Waals surface area (Å²) in [6.07, 6.45) is 1.58. The van der Waals surface area contributed by atoms with E-state index in [4.69, 9.17) is 17.3 Å². The molecule has 2 heterocycles. The number of hydrogen-bond acceptors (Lipinski definition) is 4. The van der Waals surface area contributed by atoms with Crippen molar-refractivity contribution in [3.05, 3.63) is 51.4 Å². The van der Waals surface area contributed by atoms with Gasteiger partial charge in [0.05, 0.1) is 10.6 Å². The number of nitrogens with zero attached hydrogens (tertiary/aromatic N) is 3. The number of rotatable bonds is 3. The molecule has 0 aromatic carbocycles. The standard InChI is InChI=1S/C12H11ClN4S/c1-8(11-3-2-6-18-11)16-17-12(14)10-7-9(13)4-5-15-10/h2-7H,1H3,(H2,14,17)/b16-8+. The average molecular weight is 279 g/mol. The second-order valence-electron chi connectivity index (χ2n) is 3.51. The van der Waals surface area contributed by atoms with Gasteiger partial charge < -0.3 is 5.73 Å². The molecule has 0 spiro atoms. The van der Waals surface area contributed by atoms with Gasteiger partial charge in [-0.3, -0.25) is 4.98 Å². The molecule has 18 heavy (non-hydrogen) atoms. The lowest BCUT2D eigenvalue weighted by atomic mass is 10.3. The maximum absolute atomic E-state index is 5.85. The van der Waals surface area contributed by atoms with Gasteiger partial charge in [-0.25, -0.2) is 0 Å². The minimum absolute atomic E-state index is 0.244. The molecule has 2 N–H and O–H groups in total. The summed E-state index contributed by atoms with van der Waals surface area (Å²) in [6, 6.07) is 7.27. The predicted octanol–water partition coefficient (Wildman–Crippen LogP) is 2.93. The molecule has 0 aliphatic carbocycles. The van der Waals surface area contributed by atoms with Gasteiger partial charge >= 0.3 is 0 Å². The largest absolute Gasteiger partial charge is 0.380 e. The number of aromatic nitrogens is 1. The Morgan fingerprint density at radius 2 is 2.22 bits per heavy atom. The molecule has 0 aliphatic heterocycles. The Morgan fingerprint density at radius 3 is 2.89 bits per heavy atom. The zero-order valence-corrected chi connectivity index (χ0v) is 11.2. The number of hydrogen-bond donors (Lipinski definition) is 1. The lowest BCUT2D eigenvalue weighted by Gasteiger charge is -1.98. The van der Waals surface area contributed by atoms with Crippen LogP contribution in [-0.2, 0) is 0 Å². The van der Waals surface area contributed by atoms with Crippen LogP contribution < -0.4 is 5.73 Å². The third-order valence-corrected chi connectivity index (χ3v) is 3.38. The summed E-state index contributed by atoms with van der Waals surface area (Å²) in [5, 5.41) is 10.6. The molecule has 0 unspecified atom stereocenters. The van der Waals surface area contributed by atoms with E-state index in [1.807, 2.05) is 24.4 Å². The van der Waals surface area contributed by atoms with E-state index >= 15 is 0 Å². The van der Waals surface area contributed by atoms with E-state index in [9.17, 15) is 0 Å². The van der Waals surface area contributed by atoms with Crippen molar-refractivity contribution in [3.8, 4) is 0 Å². The second-order valence-corrected chi connectivity index (χ2v) is 4.89. The number of halogens is 1. The van der Waals surface area contributed by atoms with E-state index in [2.05, 4.69) is 15.2 Å². The quantitative estimate of drug-likeness (QED) is 0.533. The summed E-state index contributed by atoms with van der Waals surface area (Å²) in [5.74, 6) is 0.244. The molecule has 0 fully saturated rings. The fourth-order valence-corrected chi connectivity index (χ4v) is 2.09. The molecule has 0 saturated carbocycles. The monoisotopic (exact) mass is 278 g/mol. The Morgan fingerprint density at radius 1 is 1.39 bits per heavy atom. The predicted molar refractivity (Wildman–Crippen MR) is 76.5 cm³/mol. The molecule has 0 bridgehead atoms. The van der Waals surface area contributed by atoms with Crippen molar-refractivity contribution in [2.24, 2.45) is 15.9 Å². The van der Waals surface area contributed by atoms with E-state index in [0.29, 0.717) is 10.7 Å². The zero-order valence-electron chi connectivity index (χ0n) is 9.67. The van der Waals surface area contributed by atoms with Crippen molar-refractivity contribution < 1.29 is 0 Å². The lowest BCUT2D eigenvalue weighted by molar-refractivity contribution is 1.18. The summed E-state index contributed by atoms with van der Waals surface area (Å²) in [4.78, 5) is 5.13. The molecule has 92 valence electrons. The topological polar surface area (TPSA) is 63.6 Å². The highest BCUT2D eigenvalue weighted by Gasteiger charge is 2.01. The van der Waals surface area contributed by atoms with E-state index in [-0.39, 0.29) is 5.84 Å². The molecule has 0 aliphatic rings. The number of nitrogens with two attached hydrogens (primary N) is 1. The van der Waals surface area contributed by atoms with Crippen molar-refractivity contribution in [1.82, 2.24) is 4.98 Å². The van der Waals surface area contributed by atoms with Gasteiger partial charge in [-0.05, 0) is 30.5 Å². The Kier molecular flexibility index (Phi) is 4.07. The maximum atomic E-state index is 5.85. The van der Waals surface area contributed by atoms with Crippen LogP contribution in [0.4, 0.5) is 0 Å². The van der Waals surface area contributed by atoms with Crippen LogP contribution in [0.5, 0.6) is 0 Å².